The molecule has 2 aromatic heterocycles. The van der Waals surface area contributed by atoms with Crippen LogP contribution >= 0.6 is 11.6 Å². The van der Waals surface area contributed by atoms with Crippen molar-refractivity contribution in [2.75, 3.05) is 16.4 Å². The average Bonchev–Trinajstić information content (AvgIpc) is 2.71. The van der Waals surface area contributed by atoms with Gasteiger partial charge in [0, 0.05) is 17.3 Å². The molecule has 0 aliphatic heterocycles. The van der Waals surface area contributed by atoms with E-state index < -0.39 is 10.0 Å². The van der Waals surface area contributed by atoms with E-state index in [-0.39, 0.29) is 17.7 Å². The van der Waals surface area contributed by atoms with E-state index in [0.717, 1.165) is 11.0 Å². The standard InChI is InChI=1S/C11H15ClN4O2S/c1-8(2)16-11-9(6-14-16)5-10(7-13-11)15-19(17,18)4-3-12/h5-8,15H,3-4H2,1-2H3. The van der Waals surface area contributed by atoms with Crippen molar-refractivity contribution in [3.8, 4) is 0 Å². The first-order chi connectivity index (χ1) is 8.93. The van der Waals surface area contributed by atoms with Crippen molar-refractivity contribution in [1.82, 2.24) is 14.8 Å². The molecular weight excluding hydrogens is 288 g/mol. The molecule has 2 heterocycles. The lowest BCUT2D eigenvalue weighted by atomic mass is 10.3. The molecule has 0 saturated carbocycles. The zero-order chi connectivity index (χ0) is 14.0. The van der Waals surface area contributed by atoms with Crippen molar-refractivity contribution in [1.29, 1.82) is 0 Å². The van der Waals surface area contributed by atoms with Crippen LogP contribution < -0.4 is 4.72 Å². The summed E-state index contributed by atoms with van der Waals surface area (Å²) < 4.78 is 27.4. The van der Waals surface area contributed by atoms with Crippen molar-refractivity contribution in [3.63, 3.8) is 0 Å². The lowest BCUT2D eigenvalue weighted by Gasteiger charge is -2.08. The minimum absolute atomic E-state index is 0.0519. The molecule has 0 amide bonds. The Labute approximate surface area is 116 Å². The summed E-state index contributed by atoms with van der Waals surface area (Å²) in [7, 11) is -3.41. The van der Waals surface area contributed by atoms with Crippen LogP contribution in [0.25, 0.3) is 11.0 Å². The van der Waals surface area contributed by atoms with E-state index in [1.807, 2.05) is 13.8 Å². The van der Waals surface area contributed by atoms with Crippen molar-refractivity contribution in [3.05, 3.63) is 18.5 Å². The van der Waals surface area contributed by atoms with Gasteiger partial charge in [0.1, 0.15) is 0 Å². The van der Waals surface area contributed by atoms with Gasteiger partial charge in [-0.3, -0.25) is 4.72 Å². The van der Waals surface area contributed by atoms with E-state index in [4.69, 9.17) is 11.6 Å². The predicted octanol–water partition coefficient (Wildman–Crippen LogP) is 1.99. The Hall–Kier alpha value is -1.34. The number of halogens is 1. The van der Waals surface area contributed by atoms with E-state index in [2.05, 4.69) is 14.8 Å². The first-order valence-electron chi connectivity index (χ1n) is 5.82. The normalized spacial score (nSPS) is 12.2. The highest BCUT2D eigenvalue weighted by Gasteiger charge is 2.12. The van der Waals surface area contributed by atoms with Gasteiger partial charge in [-0.25, -0.2) is 18.1 Å². The van der Waals surface area contributed by atoms with Gasteiger partial charge in [0.2, 0.25) is 10.0 Å². The SMILES string of the molecule is CC(C)n1ncc2cc(NS(=O)(=O)CCCl)cnc21. The zero-order valence-electron chi connectivity index (χ0n) is 10.7. The van der Waals surface area contributed by atoms with Crippen LogP contribution in [0.2, 0.25) is 0 Å². The lowest BCUT2D eigenvalue weighted by Crippen LogP contribution is -2.17. The molecule has 0 radical (unpaired) electrons. The quantitative estimate of drug-likeness (QED) is 0.857. The van der Waals surface area contributed by atoms with Crippen LogP contribution in [-0.2, 0) is 10.0 Å². The fourth-order valence-electron chi connectivity index (χ4n) is 1.71. The Balaban J connectivity index is 2.33. The number of pyridine rings is 1. The van der Waals surface area contributed by atoms with E-state index in [1.54, 1.807) is 16.9 Å². The average molecular weight is 303 g/mol. The maximum atomic E-state index is 11.6. The van der Waals surface area contributed by atoms with Crippen LogP contribution in [-0.4, -0.2) is 34.8 Å². The van der Waals surface area contributed by atoms with Crippen LogP contribution in [0.15, 0.2) is 18.5 Å². The monoisotopic (exact) mass is 302 g/mol. The molecule has 0 aliphatic rings. The minimum atomic E-state index is -3.41. The molecule has 0 aliphatic carbocycles. The van der Waals surface area contributed by atoms with Gasteiger partial charge >= 0.3 is 0 Å². The van der Waals surface area contributed by atoms with Gasteiger partial charge in [0.15, 0.2) is 5.65 Å². The van der Waals surface area contributed by atoms with Crippen molar-refractivity contribution < 1.29 is 8.42 Å². The van der Waals surface area contributed by atoms with Crippen molar-refractivity contribution in [2.24, 2.45) is 0 Å². The third-order valence-electron chi connectivity index (χ3n) is 2.54. The fraction of sp³-hybridized carbons (Fsp3) is 0.455. The van der Waals surface area contributed by atoms with Gasteiger partial charge in [-0.15, -0.1) is 11.6 Å². The molecule has 0 saturated heterocycles. The first kappa shape index (κ1) is 14.1. The summed E-state index contributed by atoms with van der Waals surface area (Å²) in [5, 5.41) is 5.02. The molecule has 2 aromatic rings. The minimum Gasteiger partial charge on any atom is -0.282 e. The molecular formula is C11H15ClN4O2S. The molecule has 0 unspecified atom stereocenters. The second kappa shape index (κ2) is 5.34. The molecule has 6 nitrogen and oxygen atoms in total. The molecule has 1 N–H and O–H groups in total. The van der Waals surface area contributed by atoms with Crippen molar-refractivity contribution in [2.45, 2.75) is 19.9 Å². The number of hydrogen-bond acceptors (Lipinski definition) is 4. The van der Waals surface area contributed by atoms with Gasteiger partial charge < -0.3 is 0 Å². The Bertz CT molecular complexity index is 681. The maximum absolute atomic E-state index is 11.6. The molecule has 0 fully saturated rings. The summed E-state index contributed by atoms with van der Waals surface area (Å²) in [6.45, 7) is 4.01. The summed E-state index contributed by atoms with van der Waals surface area (Å²) >= 11 is 5.44. The number of nitrogens with one attached hydrogen (secondary N) is 1. The number of rotatable bonds is 5. The van der Waals surface area contributed by atoms with Crippen LogP contribution in [0.5, 0.6) is 0 Å². The Morgan fingerprint density at radius 3 is 2.79 bits per heavy atom. The van der Waals surface area contributed by atoms with E-state index >= 15 is 0 Å². The zero-order valence-corrected chi connectivity index (χ0v) is 12.2. The van der Waals surface area contributed by atoms with Gasteiger partial charge in [-0.2, -0.15) is 5.10 Å². The third kappa shape index (κ3) is 3.16. The molecule has 0 atom stereocenters. The fourth-order valence-corrected chi connectivity index (χ4v) is 3.09. The summed E-state index contributed by atoms with van der Waals surface area (Å²) in [6, 6.07) is 1.91. The van der Waals surface area contributed by atoms with Gasteiger partial charge in [0.25, 0.3) is 0 Å². The van der Waals surface area contributed by atoms with E-state index in [9.17, 15) is 8.42 Å². The van der Waals surface area contributed by atoms with E-state index in [1.165, 1.54) is 6.20 Å². The second-order valence-corrected chi connectivity index (χ2v) is 6.65. The number of aromatic nitrogens is 3. The van der Waals surface area contributed by atoms with Gasteiger partial charge in [-0.05, 0) is 19.9 Å². The smallest absolute Gasteiger partial charge is 0.233 e. The van der Waals surface area contributed by atoms with Gasteiger partial charge in [-0.1, -0.05) is 0 Å². The van der Waals surface area contributed by atoms with Crippen LogP contribution in [0, 0.1) is 0 Å². The Kier molecular flexibility index (Phi) is 3.96. The summed E-state index contributed by atoms with van der Waals surface area (Å²) in [5.41, 5.74) is 1.15. The topological polar surface area (TPSA) is 76.9 Å². The van der Waals surface area contributed by atoms with Crippen LogP contribution in [0.3, 0.4) is 0 Å². The number of anilines is 1. The highest BCUT2D eigenvalue weighted by molar-refractivity contribution is 7.92. The number of nitrogens with zero attached hydrogens (tertiary/aromatic N) is 3. The first-order valence-corrected chi connectivity index (χ1v) is 8.01. The maximum Gasteiger partial charge on any atom is 0.233 e. The Morgan fingerprint density at radius 1 is 1.42 bits per heavy atom. The molecule has 104 valence electrons. The summed E-state index contributed by atoms with van der Waals surface area (Å²) in [6.07, 6.45) is 3.15. The van der Waals surface area contributed by atoms with Crippen molar-refractivity contribution >= 4 is 38.3 Å². The summed E-state index contributed by atoms with van der Waals surface area (Å²) in [5.74, 6) is -0.0753. The molecule has 8 heteroatoms. The van der Waals surface area contributed by atoms with Gasteiger partial charge in [0.05, 0.1) is 23.8 Å². The number of hydrogen-bond donors (Lipinski definition) is 1. The highest BCUT2D eigenvalue weighted by Crippen LogP contribution is 2.19. The third-order valence-corrected chi connectivity index (χ3v) is 4.24. The highest BCUT2D eigenvalue weighted by atomic mass is 35.5. The molecule has 2 rings (SSSR count). The molecule has 19 heavy (non-hydrogen) atoms. The molecule has 0 spiro atoms. The molecule has 0 aromatic carbocycles. The second-order valence-electron chi connectivity index (χ2n) is 4.43. The largest absolute Gasteiger partial charge is 0.282 e. The number of fused-ring (bicyclic) bond motifs is 1. The predicted molar refractivity (Wildman–Crippen MR) is 76.0 cm³/mol. The van der Waals surface area contributed by atoms with E-state index in [0.29, 0.717) is 5.69 Å². The lowest BCUT2D eigenvalue weighted by molar-refractivity contribution is 0.546. The summed E-state index contributed by atoms with van der Waals surface area (Å²) in [4.78, 5) is 4.25. The number of alkyl halides is 1. The molecule has 0 bridgehead atoms. The van der Waals surface area contributed by atoms with Crippen LogP contribution in [0.4, 0.5) is 5.69 Å². The van der Waals surface area contributed by atoms with Crippen LogP contribution in [0.1, 0.15) is 19.9 Å². The number of sulfonamides is 1. The Morgan fingerprint density at radius 2 is 2.16 bits per heavy atom.